The normalized spacial score (nSPS) is 20.1. The van der Waals surface area contributed by atoms with Crippen molar-refractivity contribution >= 4 is 33.0 Å². The molecule has 0 aliphatic carbocycles. The van der Waals surface area contributed by atoms with Gasteiger partial charge in [-0.2, -0.15) is 0 Å². The van der Waals surface area contributed by atoms with Crippen LogP contribution in [-0.4, -0.2) is 52.5 Å². The standard InChI is InChI=1S/C22H31N3O3S2/c1-17-14-18(2)16-25(15-17)12-5-11-23-22(26)19-7-9-20(10-8-19)24(3)30(27,28)21-6-4-13-29-21/h4,6-10,13,17-18H,5,11-12,14-16H2,1-3H3,(H,23,26). The van der Waals surface area contributed by atoms with E-state index in [4.69, 9.17) is 0 Å². The van der Waals surface area contributed by atoms with Gasteiger partial charge in [-0.15, -0.1) is 11.3 Å². The number of piperidine rings is 1. The summed E-state index contributed by atoms with van der Waals surface area (Å²) in [7, 11) is -2.05. The number of hydrogen-bond donors (Lipinski definition) is 1. The Hall–Kier alpha value is -1.90. The van der Waals surface area contributed by atoms with Crippen LogP contribution in [-0.2, 0) is 10.0 Å². The van der Waals surface area contributed by atoms with E-state index in [1.54, 1.807) is 41.8 Å². The van der Waals surface area contributed by atoms with E-state index < -0.39 is 10.0 Å². The van der Waals surface area contributed by atoms with Gasteiger partial charge in [0.1, 0.15) is 4.21 Å². The Morgan fingerprint density at radius 2 is 1.83 bits per heavy atom. The first kappa shape index (κ1) is 22.8. The maximum absolute atomic E-state index is 12.6. The maximum Gasteiger partial charge on any atom is 0.273 e. The van der Waals surface area contributed by atoms with E-state index >= 15 is 0 Å². The smallest absolute Gasteiger partial charge is 0.273 e. The van der Waals surface area contributed by atoms with Crippen molar-refractivity contribution in [2.24, 2.45) is 11.8 Å². The molecule has 2 unspecified atom stereocenters. The number of benzene rings is 1. The molecule has 0 radical (unpaired) electrons. The van der Waals surface area contributed by atoms with Crippen molar-refractivity contribution in [2.45, 2.75) is 30.9 Å². The lowest BCUT2D eigenvalue weighted by atomic mass is 9.92. The number of sulfonamides is 1. The lowest BCUT2D eigenvalue weighted by Gasteiger charge is -2.34. The molecule has 2 heterocycles. The predicted octanol–water partition coefficient (Wildman–Crippen LogP) is 3.67. The van der Waals surface area contributed by atoms with Gasteiger partial charge in [-0.25, -0.2) is 8.42 Å². The number of nitrogens with one attached hydrogen (secondary N) is 1. The van der Waals surface area contributed by atoms with Crippen molar-refractivity contribution in [3.63, 3.8) is 0 Å². The average molecular weight is 450 g/mol. The van der Waals surface area contributed by atoms with Gasteiger partial charge in [-0.05, 0) is 66.9 Å². The van der Waals surface area contributed by atoms with Crippen LogP contribution in [0.4, 0.5) is 5.69 Å². The number of thiophene rings is 1. The van der Waals surface area contributed by atoms with E-state index in [-0.39, 0.29) is 5.91 Å². The predicted molar refractivity (Wildman–Crippen MR) is 123 cm³/mol. The average Bonchev–Trinajstić information content (AvgIpc) is 3.26. The third kappa shape index (κ3) is 5.62. The molecule has 6 nitrogen and oxygen atoms in total. The molecule has 3 rings (SSSR count). The summed E-state index contributed by atoms with van der Waals surface area (Å²) in [6, 6.07) is 9.96. The Morgan fingerprint density at radius 3 is 2.43 bits per heavy atom. The van der Waals surface area contributed by atoms with Gasteiger partial charge < -0.3 is 10.2 Å². The summed E-state index contributed by atoms with van der Waals surface area (Å²) in [4.78, 5) is 14.9. The fraction of sp³-hybridized carbons (Fsp3) is 0.500. The van der Waals surface area contributed by atoms with Crippen molar-refractivity contribution in [3.05, 3.63) is 47.3 Å². The molecule has 2 aromatic rings. The first-order chi connectivity index (χ1) is 14.3. The quantitative estimate of drug-likeness (QED) is 0.625. The Labute approximate surface area is 183 Å². The van der Waals surface area contributed by atoms with E-state index in [0.717, 1.165) is 37.9 Å². The number of likely N-dealkylation sites (tertiary alicyclic amines) is 1. The molecule has 1 aromatic carbocycles. The second-order valence-electron chi connectivity index (χ2n) is 8.27. The van der Waals surface area contributed by atoms with Crippen LogP contribution in [0, 0.1) is 11.8 Å². The lowest BCUT2D eigenvalue weighted by molar-refractivity contribution is 0.0947. The van der Waals surface area contributed by atoms with Crippen LogP contribution in [0.2, 0.25) is 0 Å². The highest BCUT2D eigenvalue weighted by Crippen LogP contribution is 2.25. The fourth-order valence-corrected chi connectivity index (χ4v) is 6.44. The Morgan fingerprint density at radius 1 is 1.17 bits per heavy atom. The van der Waals surface area contributed by atoms with Gasteiger partial charge >= 0.3 is 0 Å². The molecule has 8 heteroatoms. The molecule has 30 heavy (non-hydrogen) atoms. The van der Waals surface area contributed by atoms with Crippen molar-refractivity contribution in [1.82, 2.24) is 10.2 Å². The van der Waals surface area contributed by atoms with E-state index in [9.17, 15) is 13.2 Å². The molecule has 164 valence electrons. The van der Waals surface area contributed by atoms with E-state index in [1.807, 2.05) is 0 Å². The number of anilines is 1. The van der Waals surface area contributed by atoms with Crippen LogP contribution < -0.4 is 9.62 Å². The zero-order chi connectivity index (χ0) is 21.7. The van der Waals surface area contributed by atoms with Crippen LogP contribution in [0.3, 0.4) is 0 Å². The van der Waals surface area contributed by atoms with Gasteiger partial charge in [0, 0.05) is 32.2 Å². The van der Waals surface area contributed by atoms with Crippen molar-refractivity contribution in [3.8, 4) is 0 Å². The molecule has 1 fully saturated rings. The zero-order valence-electron chi connectivity index (χ0n) is 17.9. The summed E-state index contributed by atoms with van der Waals surface area (Å²) in [5.74, 6) is 1.35. The molecule has 0 saturated carbocycles. The summed E-state index contributed by atoms with van der Waals surface area (Å²) in [6.07, 6.45) is 2.22. The number of rotatable bonds is 8. The highest BCUT2D eigenvalue weighted by atomic mass is 32.2. The first-order valence-corrected chi connectivity index (χ1v) is 12.7. The molecule has 1 saturated heterocycles. The van der Waals surface area contributed by atoms with Crippen LogP contribution in [0.5, 0.6) is 0 Å². The maximum atomic E-state index is 12.6. The number of hydrogen-bond acceptors (Lipinski definition) is 5. The number of nitrogens with zero attached hydrogens (tertiary/aromatic N) is 2. The summed E-state index contributed by atoms with van der Waals surface area (Å²) < 4.78 is 26.8. The van der Waals surface area contributed by atoms with Crippen LogP contribution in [0.1, 0.15) is 37.0 Å². The second kappa shape index (κ2) is 9.94. The summed E-state index contributed by atoms with van der Waals surface area (Å²) >= 11 is 1.19. The van der Waals surface area contributed by atoms with Crippen molar-refractivity contribution < 1.29 is 13.2 Å². The van der Waals surface area contributed by atoms with Gasteiger partial charge in [0.05, 0.1) is 5.69 Å². The molecule has 1 amide bonds. The number of amides is 1. The molecule has 2 atom stereocenters. The molecule has 1 aliphatic heterocycles. The van der Waals surface area contributed by atoms with Crippen LogP contribution >= 0.6 is 11.3 Å². The van der Waals surface area contributed by atoms with Gasteiger partial charge in [0.2, 0.25) is 0 Å². The van der Waals surface area contributed by atoms with Crippen LogP contribution in [0.15, 0.2) is 46.0 Å². The van der Waals surface area contributed by atoms with Gasteiger partial charge in [0.25, 0.3) is 15.9 Å². The van der Waals surface area contributed by atoms with Gasteiger partial charge in [-0.3, -0.25) is 9.10 Å². The molecular weight excluding hydrogens is 418 g/mol. The molecule has 0 bridgehead atoms. The van der Waals surface area contributed by atoms with Gasteiger partial charge in [0.15, 0.2) is 0 Å². The van der Waals surface area contributed by atoms with Crippen molar-refractivity contribution in [1.29, 1.82) is 0 Å². The summed E-state index contributed by atoms with van der Waals surface area (Å²) in [5, 5.41) is 4.70. The molecular formula is C22H31N3O3S2. The largest absolute Gasteiger partial charge is 0.352 e. The fourth-order valence-electron chi connectivity index (χ4n) is 4.09. The summed E-state index contributed by atoms with van der Waals surface area (Å²) in [6.45, 7) is 8.52. The van der Waals surface area contributed by atoms with Crippen molar-refractivity contribution in [2.75, 3.05) is 37.5 Å². The lowest BCUT2D eigenvalue weighted by Crippen LogP contribution is -2.40. The Bertz CT molecular complexity index is 917. The highest BCUT2D eigenvalue weighted by molar-refractivity contribution is 7.94. The minimum Gasteiger partial charge on any atom is -0.352 e. The second-order valence-corrected chi connectivity index (χ2v) is 11.4. The van der Waals surface area contributed by atoms with Crippen LogP contribution in [0.25, 0.3) is 0 Å². The topological polar surface area (TPSA) is 69.7 Å². The van der Waals surface area contributed by atoms with E-state index in [2.05, 4.69) is 24.1 Å². The van der Waals surface area contributed by atoms with E-state index in [0.29, 0.717) is 22.0 Å². The third-order valence-corrected chi connectivity index (χ3v) is 8.64. The molecule has 1 aliphatic rings. The zero-order valence-corrected chi connectivity index (χ0v) is 19.5. The molecule has 1 N–H and O–H groups in total. The minimum absolute atomic E-state index is 0.134. The molecule has 1 aromatic heterocycles. The number of carbonyl (C=O) groups excluding carboxylic acids is 1. The number of carbonyl (C=O) groups is 1. The van der Waals surface area contributed by atoms with E-state index in [1.165, 1.54) is 29.1 Å². The SMILES string of the molecule is CC1CC(C)CN(CCCNC(=O)c2ccc(N(C)S(=O)(=O)c3cccs3)cc2)C1. The minimum atomic E-state index is -3.57. The molecule has 0 spiro atoms. The Kier molecular flexibility index (Phi) is 7.55. The van der Waals surface area contributed by atoms with Gasteiger partial charge in [-0.1, -0.05) is 19.9 Å². The first-order valence-electron chi connectivity index (χ1n) is 10.4. The Balaban J connectivity index is 1.49. The summed E-state index contributed by atoms with van der Waals surface area (Å²) in [5.41, 5.74) is 1.05. The highest BCUT2D eigenvalue weighted by Gasteiger charge is 2.23. The third-order valence-electron chi connectivity index (χ3n) is 5.48. The monoisotopic (exact) mass is 449 g/mol.